The Kier molecular flexibility index (Phi) is 5.25. The van der Waals surface area contributed by atoms with Crippen molar-refractivity contribution in [1.82, 2.24) is 10.3 Å². The molecule has 0 saturated heterocycles. The predicted octanol–water partition coefficient (Wildman–Crippen LogP) is 3.72. The van der Waals surface area contributed by atoms with Crippen molar-refractivity contribution >= 4 is 39.8 Å². The molecule has 0 unspecified atom stereocenters. The number of fused-ring (bicyclic) bond motifs is 1. The first-order chi connectivity index (χ1) is 12.2. The van der Waals surface area contributed by atoms with Gasteiger partial charge in [0.15, 0.2) is 0 Å². The molecule has 0 aliphatic rings. The van der Waals surface area contributed by atoms with E-state index >= 15 is 0 Å². The van der Waals surface area contributed by atoms with Gasteiger partial charge in [-0.1, -0.05) is 18.2 Å². The minimum Gasteiger partial charge on any atom is -0.469 e. The van der Waals surface area contributed by atoms with Gasteiger partial charge in [-0.15, -0.1) is 11.3 Å². The first-order valence-electron chi connectivity index (χ1n) is 7.68. The zero-order chi connectivity index (χ0) is 17.6. The predicted molar refractivity (Wildman–Crippen MR) is 97.6 cm³/mol. The van der Waals surface area contributed by atoms with Crippen LogP contribution >= 0.6 is 11.3 Å². The van der Waals surface area contributed by atoms with E-state index in [1.807, 2.05) is 41.8 Å². The number of anilines is 1. The maximum atomic E-state index is 12.4. The molecule has 0 saturated carbocycles. The largest absolute Gasteiger partial charge is 0.469 e. The van der Waals surface area contributed by atoms with Crippen LogP contribution in [0.2, 0.25) is 0 Å². The number of carbonyl (C=O) groups excluding carboxylic acids is 2. The molecule has 0 spiro atoms. The van der Waals surface area contributed by atoms with Crippen LogP contribution in [-0.2, 0) is 9.53 Å². The quantitative estimate of drug-likeness (QED) is 0.684. The molecule has 6 nitrogen and oxygen atoms in total. The van der Waals surface area contributed by atoms with Gasteiger partial charge in [0.2, 0.25) is 0 Å². The van der Waals surface area contributed by atoms with Crippen LogP contribution in [0, 0.1) is 0 Å². The molecule has 0 fully saturated rings. The molecule has 0 aliphatic heterocycles. The number of aromatic nitrogens is 1. The molecule has 128 valence electrons. The summed E-state index contributed by atoms with van der Waals surface area (Å²) in [6.07, 6.45) is 3.49. The summed E-state index contributed by atoms with van der Waals surface area (Å²) < 4.78 is 4.72. The highest BCUT2D eigenvalue weighted by Gasteiger charge is 2.20. The second-order valence-corrected chi connectivity index (χ2v) is 6.33. The van der Waals surface area contributed by atoms with Crippen LogP contribution < -0.4 is 10.6 Å². The lowest BCUT2D eigenvalue weighted by molar-refractivity contribution is -0.141. The Hall–Kier alpha value is -2.93. The zero-order valence-corrected chi connectivity index (χ0v) is 14.4. The van der Waals surface area contributed by atoms with E-state index in [0.29, 0.717) is 5.69 Å². The number of hydrogen-bond acceptors (Lipinski definition) is 5. The minimum atomic E-state index is -0.441. The molecular formula is C18H17N3O3S. The average molecular weight is 355 g/mol. The second-order valence-electron chi connectivity index (χ2n) is 5.35. The average Bonchev–Trinajstić information content (AvgIpc) is 3.16. The third-order valence-electron chi connectivity index (χ3n) is 3.72. The van der Waals surface area contributed by atoms with Crippen molar-refractivity contribution in [3.63, 3.8) is 0 Å². The number of nitrogens with one attached hydrogen (secondary N) is 2. The van der Waals surface area contributed by atoms with Gasteiger partial charge in [-0.3, -0.25) is 9.78 Å². The number of esters is 1. The lowest BCUT2D eigenvalue weighted by atomic mass is 10.1. The lowest BCUT2D eigenvalue weighted by Gasteiger charge is -2.17. The summed E-state index contributed by atoms with van der Waals surface area (Å²) >= 11 is 1.48. The molecule has 25 heavy (non-hydrogen) atoms. The molecule has 0 radical (unpaired) electrons. The number of nitrogens with zero attached hydrogens (tertiary/aromatic N) is 1. The Bertz CT molecular complexity index is 875. The number of carbonyl (C=O) groups is 2. The highest BCUT2D eigenvalue weighted by molar-refractivity contribution is 7.10. The van der Waals surface area contributed by atoms with Gasteiger partial charge in [0.1, 0.15) is 0 Å². The molecule has 2 aromatic heterocycles. The van der Waals surface area contributed by atoms with E-state index in [1.165, 1.54) is 18.4 Å². The smallest absolute Gasteiger partial charge is 0.319 e. The van der Waals surface area contributed by atoms with Crippen molar-refractivity contribution in [1.29, 1.82) is 0 Å². The summed E-state index contributed by atoms with van der Waals surface area (Å²) in [5.41, 5.74) is 0.681. The van der Waals surface area contributed by atoms with E-state index in [9.17, 15) is 9.59 Å². The number of pyridine rings is 1. The van der Waals surface area contributed by atoms with Crippen molar-refractivity contribution in [2.24, 2.45) is 0 Å². The van der Waals surface area contributed by atoms with Crippen LogP contribution in [0.15, 0.2) is 54.2 Å². The summed E-state index contributed by atoms with van der Waals surface area (Å²) in [4.78, 5) is 29.1. The van der Waals surface area contributed by atoms with Gasteiger partial charge >= 0.3 is 12.0 Å². The van der Waals surface area contributed by atoms with E-state index < -0.39 is 6.04 Å². The number of urea groups is 1. The molecule has 3 rings (SSSR count). The van der Waals surface area contributed by atoms with Gasteiger partial charge in [0.25, 0.3) is 0 Å². The topological polar surface area (TPSA) is 80.3 Å². The maximum absolute atomic E-state index is 12.4. The van der Waals surface area contributed by atoms with E-state index in [2.05, 4.69) is 15.6 Å². The number of benzene rings is 1. The van der Waals surface area contributed by atoms with Crippen molar-refractivity contribution in [2.75, 3.05) is 12.4 Å². The first kappa shape index (κ1) is 16.9. The molecule has 2 N–H and O–H groups in total. The zero-order valence-electron chi connectivity index (χ0n) is 13.6. The van der Waals surface area contributed by atoms with Crippen molar-refractivity contribution < 1.29 is 14.3 Å². The Morgan fingerprint density at radius 1 is 1.24 bits per heavy atom. The van der Waals surface area contributed by atoms with Crippen LogP contribution in [0.3, 0.4) is 0 Å². The monoisotopic (exact) mass is 355 g/mol. The van der Waals surface area contributed by atoms with E-state index in [0.717, 1.165) is 15.6 Å². The van der Waals surface area contributed by atoms with Crippen LogP contribution in [0.5, 0.6) is 0 Å². The van der Waals surface area contributed by atoms with Crippen LogP contribution in [0.1, 0.15) is 17.3 Å². The summed E-state index contributed by atoms with van der Waals surface area (Å²) in [6.45, 7) is 0. The van der Waals surface area contributed by atoms with Gasteiger partial charge in [-0.05, 0) is 23.6 Å². The van der Waals surface area contributed by atoms with E-state index in [4.69, 9.17) is 4.74 Å². The fourth-order valence-corrected chi connectivity index (χ4v) is 3.29. The number of methoxy groups -OCH3 is 1. The third kappa shape index (κ3) is 4.13. The van der Waals surface area contributed by atoms with Gasteiger partial charge in [0, 0.05) is 28.0 Å². The standard InChI is InChI=1S/C18H17N3O3S/c1-24-17(22)10-15(16-6-3-9-25-16)21-18(23)20-14-5-2-4-12-11-19-8-7-13(12)14/h2-9,11,15H,10H2,1H3,(H2,20,21,23)/t15-/m1/s1. The molecule has 1 aromatic carbocycles. The maximum Gasteiger partial charge on any atom is 0.319 e. The molecule has 2 heterocycles. The number of rotatable bonds is 5. The fourth-order valence-electron chi connectivity index (χ4n) is 2.51. The summed E-state index contributed by atoms with van der Waals surface area (Å²) in [7, 11) is 1.33. The summed E-state index contributed by atoms with van der Waals surface area (Å²) in [5.74, 6) is -0.380. The molecule has 1 atom stereocenters. The van der Waals surface area contributed by atoms with Gasteiger partial charge in [0.05, 0.1) is 25.3 Å². The number of ether oxygens (including phenoxy) is 1. The minimum absolute atomic E-state index is 0.0733. The Balaban J connectivity index is 1.76. The van der Waals surface area contributed by atoms with Crippen molar-refractivity contribution in [2.45, 2.75) is 12.5 Å². The number of hydrogen-bond donors (Lipinski definition) is 2. The molecule has 7 heteroatoms. The highest BCUT2D eigenvalue weighted by Crippen LogP contribution is 2.24. The second kappa shape index (κ2) is 7.76. The van der Waals surface area contributed by atoms with Crippen LogP contribution in [0.25, 0.3) is 10.8 Å². The molecular weight excluding hydrogens is 338 g/mol. The lowest BCUT2D eigenvalue weighted by Crippen LogP contribution is -2.33. The van der Waals surface area contributed by atoms with Crippen LogP contribution in [0.4, 0.5) is 10.5 Å². The molecule has 0 bridgehead atoms. The Morgan fingerprint density at radius 2 is 2.12 bits per heavy atom. The van der Waals surface area contributed by atoms with E-state index in [-0.39, 0.29) is 18.4 Å². The summed E-state index contributed by atoms with van der Waals surface area (Å²) in [5, 5.41) is 9.42. The molecule has 2 amide bonds. The van der Waals surface area contributed by atoms with Gasteiger partial charge in [-0.25, -0.2) is 4.79 Å². The Morgan fingerprint density at radius 3 is 2.88 bits per heavy atom. The Labute approximate surface area is 148 Å². The summed E-state index contributed by atoms with van der Waals surface area (Å²) in [6, 6.07) is 10.4. The fraction of sp³-hybridized carbons (Fsp3) is 0.167. The molecule has 3 aromatic rings. The normalized spacial score (nSPS) is 11.7. The van der Waals surface area contributed by atoms with Gasteiger partial charge < -0.3 is 15.4 Å². The van der Waals surface area contributed by atoms with Crippen molar-refractivity contribution in [3.05, 3.63) is 59.0 Å². The third-order valence-corrected chi connectivity index (χ3v) is 4.71. The van der Waals surface area contributed by atoms with Crippen molar-refractivity contribution in [3.8, 4) is 0 Å². The number of thiophene rings is 1. The SMILES string of the molecule is COC(=O)C[C@@H](NC(=O)Nc1cccc2cnccc12)c1cccs1. The molecule has 0 aliphatic carbocycles. The van der Waals surface area contributed by atoms with Gasteiger partial charge in [-0.2, -0.15) is 0 Å². The van der Waals surface area contributed by atoms with Crippen LogP contribution in [-0.4, -0.2) is 24.1 Å². The number of amides is 2. The van der Waals surface area contributed by atoms with E-state index in [1.54, 1.807) is 12.4 Å². The first-order valence-corrected chi connectivity index (χ1v) is 8.56. The highest BCUT2D eigenvalue weighted by atomic mass is 32.1.